The smallest absolute Gasteiger partial charge is 0.422 e. The highest BCUT2D eigenvalue weighted by Crippen LogP contribution is 2.33. The van der Waals surface area contributed by atoms with Gasteiger partial charge in [-0.2, -0.15) is 13.2 Å². The molecular weight excluding hydrogens is 375 g/mol. The minimum Gasteiger partial charge on any atom is -0.478 e. The van der Waals surface area contributed by atoms with Crippen LogP contribution in [0.3, 0.4) is 0 Å². The van der Waals surface area contributed by atoms with Gasteiger partial charge >= 0.3 is 6.18 Å². The van der Waals surface area contributed by atoms with Gasteiger partial charge in [0.2, 0.25) is 0 Å². The summed E-state index contributed by atoms with van der Waals surface area (Å²) in [5.41, 5.74) is 0.434. The van der Waals surface area contributed by atoms with Crippen LogP contribution in [0, 0.1) is 35.3 Å². The molecule has 0 atom stereocenters. The monoisotopic (exact) mass is 394 g/mol. The van der Waals surface area contributed by atoms with Gasteiger partial charge in [0, 0.05) is 22.3 Å². The molecule has 0 aromatic heterocycles. The van der Waals surface area contributed by atoms with E-state index < -0.39 is 30.2 Å². The molecule has 148 valence electrons. The summed E-state index contributed by atoms with van der Waals surface area (Å²) in [5.74, 6) is 3.49. The second-order valence-corrected chi connectivity index (χ2v) is 6.92. The molecule has 0 unspecified atom stereocenters. The molecule has 1 saturated carbocycles. The number of rotatable bonds is 3. The standard InChI is InChI=1S/C22H19F5O/c1-2-14-6-8-15(9-7-14)10-11-16-4-3-5-17-18(16)12-19(23)21(20(17)24)28-13-22(25,26)27/h2-5,12,14-15H,1,6-9,13H2. The lowest BCUT2D eigenvalue weighted by atomic mass is 9.82. The van der Waals surface area contributed by atoms with Crippen LogP contribution in [0.15, 0.2) is 36.9 Å². The fraction of sp³-hybridized carbons (Fsp3) is 0.364. The summed E-state index contributed by atoms with van der Waals surface area (Å²) in [7, 11) is 0. The quantitative estimate of drug-likeness (QED) is 0.332. The molecule has 0 amide bonds. The second kappa shape index (κ2) is 8.22. The lowest BCUT2D eigenvalue weighted by Gasteiger charge is -2.22. The maximum absolute atomic E-state index is 14.6. The van der Waals surface area contributed by atoms with E-state index in [9.17, 15) is 22.0 Å². The Hall–Kier alpha value is -2.55. The summed E-state index contributed by atoms with van der Waals surface area (Å²) in [6.45, 7) is 2.04. The summed E-state index contributed by atoms with van der Waals surface area (Å²) in [6, 6.07) is 5.52. The number of ether oxygens (including phenoxy) is 1. The van der Waals surface area contributed by atoms with Crippen molar-refractivity contribution in [1.29, 1.82) is 0 Å². The zero-order valence-corrected chi connectivity index (χ0v) is 15.1. The predicted octanol–water partition coefficient (Wildman–Crippen LogP) is 6.40. The van der Waals surface area contributed by atoms with Crippen LogP contribution in [0.4, 0.5) is 22.0 Å². The third-order valence-corrected chi connectivity index (χ3v) is 4.93. The van der Waals surface area contributed by atoms with Crippen molar-refractivity contribution in [1.82, 2.24) is 0 Å². The van der Waals surface area contributed by atoms with Crippen molar-refractivity contribution in [3.63, 3.8) is 0 Å². The first-order valence-electron chi connectivity index (χ1n) is 9.03. The minimum absolute atomic E-state index is 0.0271. The molecule has 1 aliphatic rings. The third kappa shape index (κ3) is 4.64. The molecular formula is C22H19F5O. The van der Waals surface area contributed by atoms with Gasteiger partial charge in [0.15, 0.2) is 24.0 Å². The molecule has 1 fully saturated rings. The van der Waals surface area contributed by atoms with Crippen LogP contribution in [-0.4, -0.2) is 12.8 Å². The largest absolute Gasteiger partial charge is 0.478 e. The van der Waals surface area contributed by atoms with E-state index in [0.717, 1.165) is 31.7 Å². The maximum Gasteiger partial charge on any atom is 0.422 e. The molecule has 0 radical (unpaired) electrons. The van der Waals surface area contributed by atoms with E-state index in [0.29, 0.717) is 11.5 Å². The van der Waals surface area contributed by atoms with Crippen molar-refractivity contribution < 1.29 is 26.7 Å². The zero-order valence-electron chi connectivity index (χ0n) is 15.1. The van der Waals surface area contributed by atoms with Crippen molar-refractivity contribution in [2.75, 3.05) is 6.61 Å². The molecule has 0 heterocycles. The van der Waals surface area contributed by atoms with Crippen molar-refractivity contribution in [2.45, 2.75) is 31.9 Å². The van der Waals surface area contributed by atoms with Crippen LogP contribution in [0.2, 0.25) is 0 Å². The van der Waals surface area contributed by atoms with Gasteiger partial charge in [0.1, 0.15) is 0 Å². The van der Waals surface area contributed by atoms with Gasteiger partial charge in [0.05, 0.1) is 0 Å². The molecule has 0 spiro atoms. The van der Waals surface area contributed by atoms with Gasteiger partial charge in [-0.3, -0.25) is 0 Å². The minimum atomic E-state index is -4.69. The first-order chi connectivity index (χ1) is 13.3. The summed E-state index contributed by atoms with van der Waals surface area (Å²) >= 11 is 0. The third-order valence-electron chi connectivity index (χ3n) is 4.93. The highest BCUT2D eigenvalue weighted by molar-refractivity contribution is 5.90. The molecule has 3 rings (SSSR count). The van der Waals surface area contributed by atoms with Crippen molar-refractivity contribution in [3.8, 4) is 17.6 Å². The number of alkyl halides is 3. The highest BCUT2D eigenvalue weighted by atomic mass is 19.4. The zero-order chi connectivity index (χ0) is 20.3. The number of allylic oxidation sites excluding steroid dienone is 1. The van der Waals surface area contributed by atoms with Crippen LogP contribution in [0.25, 0.3) is 10.8 Å². The molecule has 0 bridgehead atoms. The number of hydrogen-bond donors (Lipinski definition) is 0. The Bertz CT molecular complexity index is 928. The Labute approximate surface area is 160 Å². The summed E-state index contributed by atoms with van der Waals surface area (Å²) in [6.07, 6.45) is 1.17. The van der Waals surface area contributed by atoms with Crippen LogP contribution in [0.1, 0.15) is 31.2 Å². The first-order valence-corrected chi connectivity index (χ1v) is 9.03. The van der Waals surface area contributed by atoms with Gasteiger partial charge in [-0.25, -0.2) is 8.78 Å². The van der Waals surface area contributed by atoms with E-state index >= 15 is 0 Å². The van der Waals surface area contributed by atoms with E-state index in [4.69, 9.17) is 0 Å². The second-order valence-electron chi connectivity index (χ2n) is 6.92. The molecule has 28 heavy (non-hydrogen) atoms. The number of benzene rings is 2. The molecule has 1 nitrogen and oxygen atoms in total. The van der Waals surface area contributed by atoms with Crippen LogP contribution in [0.5, 0.6) is 5.75 Å². The molecule has 0 N–H and O–H groups in total. The van der Waals surface area contributed by atoms with E-state index in [-0.39, 0.29) is 16.7 Å². The summed E-state index contributed by atoms with van der Waals surface area (Å²) in [5, 5.41) is 0.185. The van der Waals surface area contributed by atoms with Crippen LogP contribution >= 0.6 is 0 Å². The van der Waals surface area contributed by atoms with E-state index in [1.807, 2.05) is 6.08 Å². The summed E-state index contributed by atoms with van der Waals surface area (Å²) < 4.78 is 70.1. The average Bonchev–Trinajstić information content (AvgIpc) is 2.66. The Morgan fingerprint density at radius 3 is 2.46 bits per heavy atom. The van der Waals surface area contributed by atoms with E-state index in [1.165, 1.54) is 12.1 Å². The number of halogens is 5. The SMILES string of the molecule is C=CC1CCC(C#Cc2cccc3c(F)c(OCC(F)(F)F)c(F)cc23)CC1. The topological polar surface area (TPSA) is 9.23 Å². The van der Waals surface area contributed by atoms with E-state index in [2.05, 4.69) is 23.2 Å². The van der Waals surface area contributed by atoms with E-state index in [1.54, 1.807) is 6.07 Å². The predicted molar refractivity (Wildman–Crippen MR) is 97.9 cm³/mol. The molecule has 0 saturated heterocycles. The molecule has 2 aromatic carbocycles. The lowest BCUT2D eigenvalue weighted by Crippen LogP contribution is -2.20. The Balaban J connectivity index is 1.90. The number of hydrogen-bond acceptors (Lipinski definition) is 1. The average molecular weight is 394 g/mol. The summed E-state index contributed by atoms with van der Waals surface area (Å²) in [4.78, 5) is 0. The fourth-order valence-corrected chi connectivity index (χ4v) is 3.41. The van der Waals surface area contributed by atoms with Gasteiger partial charge in [-0.15, -0.1) is 6.58 Å². The Morgan fingerprint density at radius 1 is 1.11 bits per heavy atom. The van der Waals surface area contributed by atoms with Gasteiger partial charge < -0.3 is 4.74 Å². The fourth-order valence-electron chi connectivity index (χ4n) is 3.41. The van der Waals surface area contributed by atoms with Crippen LogP contribution in [-0.2, 0) is 0 Å². The normalized spacial score (nSPS) is 19.8. The lowest BCUT2D eigenvalue weighted by molar-refractivity contribution is -0.154. The maximum atomic E-state index is 14.6. The van der Waals surface area contributed by atoms with Crippen molar-refractivity contribution >= 4 is 10.8 Å². The van der Waals surface area contributed by atoms with Crippen LogP contribution < -0.4 is 4.74 Å². The molecule has 6 heteroatoms. The van der Waals surface area contributed by atoms with Crippen molar-refractivity contribution in [2.24, 2.45) is 11.8 Å². The number of fused-ring (bicyclic) bond motifs is 1. The highest BCUT2D eigenvalue weighted by Gasteiger charge is 2.30. The van der Waals surface area contributed by atoms with Gasteiger partial charge in [-0.1, -0.05) is 30.0 Å². The molecule has 0 aliphatic heterocycles. The Kier molecular flexibility index (Phi) is 5.93. The first kappa shape index (κ1) is 20.2. The van der Waals surface area contributed by atoms with Crippen molar-refractivity contribution in [3.05, 3.63) is 54.1 Å². The van der Waals surface area contributed by atoms with Gasteiger partial charge in [0.25, 0.3) is 0 Å². The molecule has 1 aliphatic carbocycles. The Morgan fingerprint density at radius 2 is 1.82 bits per heavy atom. The molecule has 2 aromatic rings. The van der Waals surface area contributed by atoms with Gasteiger partial charge in [-0.05, 0) is 43.7 Å².